The van der Waals surface area contributed by atoms with Gasteiger partial charge < -0.3 is 15.0 Å². The van der Waals surface area contributed by atoms with Gasteiger partial charge in [-0.1, -0.05) is 0 Å². The fourth-order valence-corrected chi connectivity index (χ4v) is 1.65. The molecular formula is C9H13N3O2. The summed E-state index contributed by atoms with van der Waals surface area (Å²) in [6.45, 7) is 0.558. The first-order valence-electron chi connectivity index (χ1n) is 4.72. The highest BCUT2D eigenvalue weighted by Crippen LogP contribution is 2.16. The van der Waals surface area contributed by atoms with Crippen molar-refractivity contribution in [2.45, 2.75) is 25.5 Å². The normalized spacial score (nSPS) is 21.9. The molecule has 1 saturated heterocycles. The van der Waals surface area contributed by atoms with Crippen LogP contribution in [0.5, 0.6) is 0 Å². The van der Waals surface area contributed by atoms with Crippen molar-refractivity contribution in [3.8, 4) is 0 Å². The Hall–Kier alpha value is -1.36. The van der Waals surface area contributed by atoms with E-state index >= 15 is 0 Å². The molecule has 0 bridgehead atoms. The molecule has 2 N–H and O–H groups in total. The van der Waals surface area contributed by atoms with Crippen LogP contribution in [0.25, 0.3) is 0 Å². The number of hydrogen-bond acceptors (Lipinski definition) is 3. The average molecular weight is 195 g/mol. The summed E-state index contributed by atoms with van der Waals surface area (Å²) in [5.41, 5.74) is 0.983. The number of imidazole rings is 1. The Morgan fingerprint density at radius 2 is 2.57 bits per heavy atom. The number of aliphatic hydroxyl groups excluding tert-OH is 1. The zero-order chi connectivity index (χ0) is 9.97. The number of amides is 1. The van der Waals surface area contributed by atoms with E-state index in [1.165, 1.54) is 4.90 Å². The molecule has 2 rings (SSSR count). The Morgan fingerprint density at radius 1 is 1.71 bits per heavy atom. The molecule has 1 unspecified atom stereocenters. The van der Waals surface area contributed by atoms with Crippen molar-refractivity contribution in [2.24, 2.45) is 0 Å². The maximum Gasteiger partial charge on any atom is 0.224 e. The lowest BCUT2D eigenvalue weighted by atomic mass is 10.3. The first-order valence-corrected chi connectivity index (χ1v) is 4.72. The monoisotopic (exact) mass is 195 g/mol. The molecule has 5 heteroatoms. The highest BCUT2D eigenvalue weighted by atomic mass is 16.3. The Labute approximate surface area is 81.8 Å². The van der Waals surface area contributed by atoms with Gasteiger partial charge in [0.25, 0.3) is 0 Å². The number of hydrogen-bond donors (Lipinski definition) is 2. The molecule has 1 aromatic heterocycles. The third kappa shape index (κ3) is 1.77. The maximum atomic E-state index is 11.3. The first-order chi connectivity index (χ1) is 6.77. The van der Waals surface area contributed by atoms with E-state index < -0.39 is 6.23 Å². The molecule has 76 valence electrons. The van der Waals surface area contributed by atoms with Gasteiger partial charge in [0.2, 0.25) is 5.91 Å². The third-order valence-corrected chi connectivity index (χ3v) is 2.47. The molecule has 1 aliphatic rings. The number of carbonyl (C=O) groups is 1. The summed E-state index contributed by atoms with van der Waals surface area (Å²) in [6, 6.07) is 0. The van der Waals surface area contributed by atoms with Crippen LogP contribution in [0.2, 0.25) is 0 Å². The highest BCUT2D eigenvalue weighted by molar-refractivity contribution is 5.78. The number of carbonyl (C=O) groups excluding carboxylic acids is 1. The van der Waals surface area contributed by atoms with Crippen LogP contribution in [-0.4, -0.2) is 38.7 Å². The molecule has 1 aromatic rings. The maximum absolute atomic E-state index is 11.3. The van der Waals surface area contributed by atoms with Gasteiger partial charge in [-0.3, -0.25) is 4.79 Å². The molecule has 1 atom stereocenters. The minimum atomic E-state index is -0.592. The molecule has 2 heterocycles. The van der Waals surface area contributed by atoms with Gasteiger partial charge >= 0.3 is 0 Å². The Morgan fingerprint density at radius 3 is 3.14 bits per heavy atom. The van der Waals surface area contributed by atoms with E-state index in [0.717, 1.165) is 5.69 Å². The lowest BCUT2D eigenvalue weighted by molar-refractivity contribution is -0.133. The van der Waals surface area contributed by atoms with Crippen LogP contribution in [0.4, 0.5) is 0 Å². The molecule has 1 amide bonds. The molecular weight excluding hydrogens is 182 g/mol. The number of rotatable bonds is 3. The standard InChI is InChI=1S/C9H13N3O2/c13-8-1-2-9(14)12(8)4-3-7-5-10-6-11-7/h5-6,8,13H,1-4H2,(H,10,11). The van der Waals surface area contributed by atoms with E-state index in [1.54, 1.807) is 12.5 Å². The third-order valence-electron chi connectivity index (χ3n) is 2.47. The van der Waals surface area contributed by atoms with Gasteiger partial charge in [-0.2, -0.15) is 0 Å². The second-order valence-corrected chi connectivity index (χ2v) is 3.43. The summed E-state index contributed by atoms with van der Waals surface area (Å²) in [7, 11) is 0. The van der Waals surface area contributed by atoms with E-state index in [0.29, 0.717) is 25.8 Å². The number of likely N-dealkylation sites (tertiary alicyclic amines) is 1. The fraction of sp³-hybridized carbons (Fsp3) is 0.556. The number of nitrogens with one attached hydrogen (secondary N) is 1. The molecule has 0 aliphatic carbocycles. The van der Waals surface area contributed by atoms with Crippen molar-refractivity contribution in [1.29, 1.82) is 0 Å². The van der Waals surface area contributed by atoms with Crippen LogP contribution in [0.3, 0.4) is 0 Å². The van der Waals surface area contributed by atoms with Crippen LogP contribution < -0.4 is 0 Å². The number of aromatic nitrogens is 2. The van der Waals surface area contributed by atoms with Crippen LogP contribution in [0.15, 0.2) is 12.5 Å². The average Bonchev–Trinajstić information content (AvgIpc) is 2.76. The van der Waals surface area contributed by atoms with Crippen molar-refractivity contribution < 1.29 is 9.90 Å². The predicted octanol–water partition coefficient (Wildman–Crippen LogP) is -0.107. The Bertz CT molecular complexity index is 310. The smallest absolute Gasteiger partial charge is 0.224 e. The van der Waals surface area contributed by atoms with E-state index in [4.69, 9.17) is 0 Å². The predicted molar refractivity (Wildman–Crippen MR) is 49.2 cm³/mol. The molecule has 1 fully saturated rings. The zero-order valence-electron chi connectivity index (χ0n) is 7.81. The van der Waals surface area contributed by atoms with Crippen LogP contribution in [0.1, 0.15) is 18.5 Å². The summed E-state index contributed by atoms with van der Waals surface area (Å²) in [4.78, 5) is 19.6. The van der Waals surface area contributed by atoms with Crippen LogP contribution in [-0.2, 0) is 11.2 Å². The number of nitrogens with zero attached hydrogens (tertiary/aromatic N) is 2. The number of H-pyrrole nitrogens is 1. The van der Waals surface area contributed by atoms with Crippen LogP contribution in [0, 0.1) is 0 Å². The molecule has 1 aliphatic heterocycles. The van der Waals surface area contributed by atoms with Gasteiger partial charge in [0.1, 0.15) is 6.23 Å². The lowest BCUT2D eigenvalue weighted by Crippen LogP contribution is -2.34. The topological polar surface area (TPSA) is 69.2 Å². The van der Waals surface area contributed by atoms with E-state index in [1.807, 2.05) is 0 Å². The first kappa shape index (κ1) is 9.21. The second-order valence-electron chi connectivity index (χ2n) is 3.43. The summed E-state index contributed by atoms with van der Waals surface area (Å²) in [5.74, 6) is 0.0389. The Balaban J connectivity index is 1.88. The summed E-state index contributed by atoms with van der Waals surface area (Å²) in [5, 5.41) is 9.47. The van der Waals surface area contributed by atoms with Gasteiger partial charge in [-0.05, 0) is 0 Å². The largest absolute Gasteiger partial charge is 0.374 e. The van der Waals surface area contributed by atoms with Crippen molar-refractivity contribution in [1.82, 2.24) is 14.9 Å². The summed E-state index contributed by atoms with van der Waals surface area (Å²) < 4.78 is 0. The molecule has 0 radical (unpaired) electrons. The SMILES string of the molecule is O=C1CCC(O)N1CCc1cnc[nH]1. The van der Waals surface area contributed by atoms with Gasteiger partial charge in [0.05, 0.1) is 6.33 Å². The molecule has 0 spiro atoms. The molecule has 14 heavy (non-hydrogen) atoms. The van der Waals surface area contributed by atoms with Gasteiger partial charge in [-0.25, -0.2) is 4.98 Å². The second kappa shape index (κ2) is 3.79. The number of aliphatic hydroxyl groups is 1. The number of aromatic amines is 1. The fourth-order valence-electron chi connectivity index (χ4n) is 1.65. The molecule has 0 aromatic carbocycles. The van der Waals surface area contributed by atoms with E-state index in [2.05, 4.69) is 9.97 Å². The molecule has 0 saturated carbocycles. The molecule has 5 nitrogen and oxygen atoms in total. The van der Waals surface area contributed by atoms with Crippen molar-refractivity contribution in [3.05, 3.63) is 18.2 Å². The van der Waals surface area contributed by atoms with Crippen molar-refractivity contribution in [3.63, 3.8) is 0 Å². The van der Waals surface area contributed by atoms with Crippen molar-refractivity contribution >= 4 is 5.91 Å². The van der Waals surface area contributed by atoms with Gasteiger partial charge in [-0.15, -0.1) is 0 Å². The summed E-state index contributed by atoms with van der Waals surface area (Å²) in [6.07, 6.45) is 4.48. The lowest BCUT2D eigenvalue weighted by Gasteiger charge is -2.19. The zero-order valence-corrected chi connectivity index (χ0v) is 7.81. The van der Waals surface area contributed by atoms with Crippen molar-refractivity contribution in [2.75, 3.05) is 6.54 Å². The van der Waals surface area contributed by atoms with Gasteiger partial charge in [0, 0.05) is 37.7 Å². The highest BCUT2D eigenvalue weighted by Gasteiger charge is 2.28. The van der Waals surface area contributed by atoms with Gasteiger partial charge in [0.15, 0.2) is 0 Å². The van der Waals surface area contributed by atoms with E-state index in [9.17, 15) is 9.90 Å². The minimum absolute atomic E-state index is 0.0389. The van der Waals surface area contributed by atoms with E-state index in [-0.39, 0.29) is 5.91 Å². The quantitative estimate of drug-likeness (QED) is 0.707. The Kier molecular flexibility index (Phi) is 2.49. The summed E-state index contributed by atoms with van der Waals surface area (Å²) >= 11 is 0. The van der Waals surface area contributed by atoms with Crippen LogP contribution >= 0.6 is 0 Å². The minimum Gasteiger partial charge on any atom is -0.374 e.